The second-order valence-electron chi connectivity index (χ2n) is 6.86. The van der Waals surface area contributed by atoms with Gasteiger partial charge in [-0.1, -0.05) is 48.0 Å². The number of hydrogen-bond acceptors (Lipinski definition) is 4. The van der Waals surface area contributed by atoms with E-state index >= 15 is 0 Å². The first-order chi connectivity index (χ1) is 14.7. The van der Waals surface area contributed by atoms with Crippen molar-refractivity contribution in [2.45, 2.75) is 13.5 Å². The lowest BCUT2D eigenvalue weighted by atomic mass is 10.2. The van der Waals surface area contributed by atoms with Gasteiger partial charge in [-0.25, -0.2) is 4.98 Å². The number of furan rings is 1. The summed E-state index contributed by atoms with van der Waals surface area (Å²) in [6.45, 7) is 2.56. The molecule has 0 aliphatic heterocycles. The van der Waals surface area contributed by atoms with Crippen LogP contribution in [-0.4, -0.2) is 10.1 Å². The molecular formula is C24H22N4OS. The van der Waals surface area contributed by atoms with Crippen molar-refractivity contribution in [1.82, 2.24) is 10.3 Å². The minimum atomic E-state index is 0.499. The van der Waals surface area contributed by atoms with Crippen LogP contribution >= 0.6 is 12.2 Å². The standard InChI is InChI=1S/C24H22N4OS/c1-17-7-9-19(10-8-17)27-23-14-11-20(15-25-23)28-24(30)26-16-21-12-13-22(29-21)18-5-3-2-4-6-18/h2-15H,16H2,1H3,(H,25,27)(H2,26,28,30). The number of benzene rings is 2. The minimum absolute atomic E-state index is 0.499. The molecule has 0 aliphatic rings. The summed E-state index contributed by atoms with van der Waals surface area (Å²) in [5, 5.41) is 10.1. The van der Waals surface area contributed by atoms with Gasteiger partial charge in [-0.2, -0.15) is 0 Å². The van der Waals surface area contributed by atoms with Gasteiger partial charge in [0.05, 0.1) is 18.4 Å². The molecule has 3 N–H and O–H groups in total. The van der Waals surface area contributed by atoms with E-state index in [0.717, 1.165) is 34.3 Å². The van der Waals surface area contributed by atoms with E-state index in [1.165, 1.54) is 5.56 Å². The van der Waals surface area contributed by atoms with E-state index in [1.54, 1.807) is 6.20 Å². The Morgan fingerprint density at radius 3 is 2.40 bits per heavy atom. The van der Waals surface area contributed by atoms with E-state index in [9.17, 15) is 0 Å². The molecule has 0 saturated carbocycles. The van der Waals surface area contributed by atoms with E-state index < -0.39 is 0 Å². The number of pyridine rings is 1. The third-order valence-corrected chi connectivity index (χ3v) is 4.73. The molecule has 0 atom stereocenters. The van der Waals surface area contributed by atoms with Crippen molar-refractivity contribution in [1.29, 1.82) is 0 Å². The number of aryl methyl sites for hydroxylation is 1. The Hall–Kier alpha value is -3.64. The van der Waals surface area contributed by atoms with Crippen molar-refractivity contribution in [3.05, 3.63) is 96.4 Å². The number of thiocarbonyl (C=S) groups is 1. The summed E-state index contributed by atoms with van der Waals surface area (Å²) in [5.74, 6) is 2.42. The number of anilines is 3. The number of nitrogens with zero attached hydrogens (tertiary/aromatic N) is 1. The predicted octanol–water partition coefficient (Wildman–Crippen LogP) is 5.88. The Bertz CT molecular complexity index is 1110. The fourth-order valence-corrected chi connectivity index (χ4v) is 3.09. The maximum absolute atomic E-state index is 5.88. The summed E-state index contributed by atoms with van der Waals surface area (Å²) in [5.41, 5.74) is 4.08. The monoisotopic (exact) mass is 414 g/mol. The van der Waals surface area contributed by atoms with Crippen LogP contribution in [0.25, 0.3) is 11.3 Å². The average molecular weight is 415 g/mol. The Labute approximate surface area is 181 Å². The molecule has 0 unspecified atom stereocenters. The van der Waals surface area contributed by atoms with E-state index in [4.69, 9.17) is 16.6 Å². The van der Waals surface area contributed by atoms with Gasteiger partial charge in [0.25, 0.3) is 0 Å². The van der Waals surface area contributed by atoms with Crippen LogP contribution in [0, 0.1) is 6.92 Å². The molecule has 0 radical (unpaired) electrons. The van der Waals surface area contributed by atoms with Crippen LogP contribution in [-0.2, 0) is 6.54 Å². The predicted molar refractivity (Wildman–Crippen MR) is 126 cm³/mol. The van der Waals surface area contributed by atoms with Crippen LogP contribution in [0.5, 0.6) is 0 Å². The first kappa shape index (κ1) is 19.7. The Morgan fingerprint density at radius 2 is 1.67 bits per heavy atom. The molecule has 2 aromatic carbocycles. The van der Waals surface area contributed by atoms with Gasteiger partial charge in [-0.15, -0.1) is 0 Å². The molecule has 4 aromatic rings. The summed E-state index contributed by atoms with van der Waals surface area (Å²) in [4.78, 5) is 4.43. The summed E-state index contributed by atoms with van der Waals surface area (Å²) in [7, 11) is 0. The highest BCUT2D eigenvalue weighted by Crippen LogP contribution is 2.21. The summed E-state index contributed by atoms with van der Waals surface area (Å²) in [6.07, 6.45) is 1.74. The molecule has 0 aliphatic carbocycles. The third kappa shape index (κ3) is 5.24. The molecule has 2 aromatic heterocycles. The second-order valence-corrected chi connectivity index (χ2v) is 7.27. The van der Waals surface area contributed by atoms with Crippen molar-refractivity contribution in [3.63, 3.8) is 0 Å². The summed E-state index contributed by atoms with van der Waals surface area (Å²) >= 11 is 5.38. The zero-order valence-electron chi connectivity index (χ0n) is 16.6. The SMILES string of the molecule is Cc1ccc(Nc2ccc(NC(=S)NCc3ccc(-c4ccccc4)o3)cn2)cc1. The van der Waals surface area contributed by atoms with Crippen molar-refractivity contribution >= 4 is 34.5 Å². The maximum atomic E-state index is 5.88. The second kappa shape index (κ2) is 9.24. The largest absolute Gasteiger partial charge is 0.459 e. The molecular weight excluding hydrogens is 392 g/mol. The highest BCUT2D eigenvalue weighted by atomic mass is 32.1. The maximum Gasteiger partial charge on any atom is 0.171 e. The lowest BCUT2D eigenvalue weighted by Gasteiger charge is -2.10. The van der Waals surface area contributed by atoms with E-state index in [-0.39, 0.29) is 0 Å². The third-order valence-electron chi connectivity index (χ3n) is 4.49. The lowest BCUT2D eigenvalue weighted by Crippen LogP contribution is -2.27. The first-order valence-corrected chi connectivity index (χ1v) is 10.1. The quantitative estimate of drug-likeness (QED) is 0.343. The number of rotatable bonds is 6. The van der Waals surface area contributed by atoms with E-state index in [0.29, 0.717) is 11.7 Å². The molecule has 0 saturated heterocycles. The smallest absolute Gasteiger partial charge is 0.171 e. The van der Waals surface area contributed by atoms with Gasteiger partial charge < -0.3 is 20.4 Å². The molecule has 0 amide bonds. The highest BCUT2D eigenvalue weighted by Gasteiger charge is 2.05. The zero-order valence-corrected chi connectivity index (χ0v) is 17.4. The molecule has 2 heterocycles. The topological polar surface area (TPSA) is 62.1 Å². The van der Waals surface area contributed by atoms with Gasteiger partial charge in [-0.05, 0) is 55.5 Å². The van der Waals surface area contributed by atoms with Gasteiger partial charge in [0.1, 0.15) is 17.3 Å². The van der Waals surface area contributed by atoms with Crippen molar-refractivity contribution in [3.8, 4) is 11.3 Å². The van der Waals surface area contributed by atoms with Gasteiger partial charge >= 0.3 is 0 Å². The molecule has 6 heteroatoms. The van der Waals surface area contributed by atoms with Crippen LogP contribution < -0.4 is 16.0 Å². The van der Waals surface area contributed by atoms with Gasteiger partial charge in [0.2, 0.25) is 0 Å². The van der Waals surface area contributed by atoms with Gasteiger partial charge in [0.15, 0.2) is 5.11 Å². The van der Waals surface area contributed by atoms with Crippen LogP contribution in [0.3, 0.4) is 0 Å². The van der Waals surface area contributed by atoms with E-state index in [2.05, 4.69) is 40.0 Å². The van der Waals surface area contributed by atoms with Crippen LogP contribution in [0.2, 0.25) is 0 Å². The average Bonchev–Trinajstić information content (AvgIpc) is 3.25. The van der Waals surface area contributed by atoms with E-state index in [1.807, 2.05) is 66.7 Å². The first-order valence-electron chi connectivity index (χ1n) is 9.64. The number of aromatic nitrogens is 1. The number of hydrogen-bond donors (Lipinski definition) is 3. The fraction of sp³-hybridized carbons (Fsp3) is 0.0833. The van der Waals surface area contributed by atoms with Crippen molar-refractivity contribution in [2.24, 2.45) is 0 Å². The summed E-state index contributed by atoms with van der Waals surface area (Å²) in [6, 6.07) is 25.9. The molecule has 150 valence electrons. The fourth-order valence-electron chi connectivity index (χ4n) is 2.90. The Kier molecular flexibility index (Phi) is 6.06. The molecule has 0 spiro atoms. The van der Waals surface area contributed by atoms with Crippen LogP contribution in [0.15, 0.2) is 89.5 Å². The van der Waals surface area contributed by atoms with Crippen LogP contribution in [0.1, 0.15) is 11.3 Å². The lowest BCUT2D eigenvalue weighted by molar-refractivity contribution is 0.516. The van der Waals surface area contributed by atoms with Gasteiger partial charge in [-0.3, -0.25) is 0 Å². The van der Waals surface area contributed by atoms with Crippen molar-refractivity contribution in [2.75, 3.05) is 10.6 Å². The molecule has 5 nitrogen and oxygen atoms in total. The Balaban J connectivity index is 1.28. The molecule has 0 fully saturated rings. The Morgan fingerprint density at radius 1 is 0.900 bits per heavy atom. The highest BCUT2D eigenvalue weighted by molar-refractivity contribution is 7.80. The normalized spacial score (nSPS) is 10.4. The number of nitrogens with one attached hydrogen (secondary N) is 3. The van der Waals surface area contributed by atoms with Crippen molar-refractivity contribution < 1.29 is 4.42 Å². The van der Waals surface area contributed by atoms with Gasteiger partial charge in [0, 0.05) is 11.3 Å². The molecule has 0 bridgehead atoms. The zero-order chi connectivity index (χ0) is 20.8. The van der Waals surface area contributed by atoms with Crippen LogP contribution in [0.4, 0.5) is 17.2 Å². The molecule has 30 heavy (non-hydrogen) atoms. The summed E-state index contributed by atoms with van der Waals surface area (Å²) < 4.78 is 5.88. The minimum Gasteiger partial charge on any atom is -0.459 e. The molecule has 4 rings (SSSR count).